The van der Waals surface area contributed by atoms with Crippen LogP contribution in [0.1, 0.15) is 54.4 Å². The first-order valence-corrected chi connectivity index (χ1v) is 12.9. The Morgan fingerprint density at radius 1 is 1.03 bits per heavy atom. The summed E-state index contributed by atoms with van der Waals surface area (Å²) < 4.78 is 5.95. The van der Waals surface area contributed by atoms with E-state index >= 15 is 0 Å². The van der Waals surface area contributed by atoms with Gasteiger partial charge in [-0.25, -0.2) is 0 Å². The molecule has 2 bridgehead atoms. The molecule has 3 saturated heterocycles. The molecule has 1 aromatic heterocycles. The number of carbonyl (C=O) groups is 1. The first kappa shape index (κ1) is 28.9. The van der Waals surface area contributed by atoms with Crippen LogP contribution in [0.2, 0.25) is 0 Å². The van der Waals surface area contributed by atoms with E-state index in [9.17, 15) is 4.79 Å². The molecule has 3 aliphatic rings. The zero-order chi connectivity index (χ0) is 24.0. The van der Waals surface area contributed by atoms with Crippen molar-refractivity contribution >= 4 is 30.7 Å². The number of aromatic nitrogens is 2. The Hall–Kier alpha value is -2.67. The number of aryl methyl sites for hydroxylation is 1. The van der Waals surface area contributed by atoms with Crippen LogP contribution in [0.3, 0.4) is 0 Å². The topological polar surface area (TPSA) is 67.4 Å². The van der Waals surface area contributed by atoms with Crippen molar-refractivity contribution in [1.82, 2.24) is 20.4 Å². The predicted molar refractivity (Wildman–Crippen MR) is 152 cm³/mol. The molecule has 6 nitrogen and oxygen atoms in total. The Labute approximate surface area is 232 Å². The van der Waals surface area contributed by atoms with Gasteiger partial charge in [0.25, 0.3) is 5.91 Å². The van der Waals surface area contributed by atoms with Gasteiger partial charge in [0, 0.05) is 18.2 Å². The molecule has 1 N–H and O–H groups in total. The normalized spacial score (nSPS) is 19.9. The number of amides is 1. The van der Waals surface area contributed by atoms with Gasteiger partial charge in [0.2, 0.25) is 0 Å². The lowest BCUT2D eigenvalue weighted by Crippen LogP contribution is -2.57. The standard InChI is InChI=1S/C29H34N4O2.2ClH/c1-2-3-9-26-25(22-10-12-24(13-11-22)35-20-21-7-5-4-6-8-21)18-27(32-31-26)29(34)30-28-19-33-16-14-23(28)15-17-33;;/h4-8,10-13,18,23,28H,2-3,9,14-17,19-20H2,1H3,(H,30,34);2*1H/t28-;;/m1../s1. The van der Waals surface area contributed by atoms with Crippen molar-refractivity contribution in [3.8, 4) is 16.9 Å². The van der Waals surface area contributed by atoms with Crippen LogP contribution in [0.4, 0.5) is 0 Å². The number of ether oxygens (including phenoxy) is 1. The second-order valence-corrected chi connectivity index (χ2v) is 9.71. The van der Waals surface area contributed by atoms with Gasteiger partial charge in [-0.1, -0.05) is 55.8 Å². The van der Waals surface area contributed by atoms with Crippen LogP contribution in [0.5, 0.6) is 5.75 Å². The summed E-state index contributed by atoms with van der Waals surface area (Å²) in [5, 5.41) is 12.1. The van der Waals surface area contributed by atoms with Crippen LogP contribution in [-0.4, -0.2) is 46.7 Å². The van der Waals surface area contributed by atoms with Crippen LogP contribution in [0.15, 0.2) is 60.7 Å². The molecule has 2 aromatic carbocycles. The second kappa shape index (κ2) is 13.8. The minimum Gasteiger partial charge on any atom is -0.489 e. The molecule has 1 atom stereocenters. The maximum Gasteiger partial charge on any atom is 0.272 e. The quantitative estimate of drug-likeness (QED) is 0.373. The Balaban J connectivity index is 0.00000190. The lowest BCUT2D eigenvalue weighted by molar-refractivity contribution is 0.0617. The maximum absolute atomic E-state index is 13.1. The highest BCUT2D eigenvalue weighted by Crippen LogP contribution is 2.29. The van der Waals surface area contributed by atoms with Gasteiger partial charge in [-0.3, -0.25) is 4.79 Å². The average molecular weight is 544 g/mol. The van der Waals surface area contributed by atoms with Crippen molar-refractivity contribution < 1.29 is 9.53 Å². The number of unbranched alkanes of at least 4 members (excludes halogenated alkanes) is 1. The van der Waals surface area contributed by atoms with Gasteiger partial charge < -0.3 is 15.0 Å². The molecule has 6 rings (SSSR count). The number of nitrogens with zero attached hydrogens (tertiary/aromatic N) is 3. The molecule has 4 heterocycles. The molecule has 0 saturated carbocycles. The van der Waals surface area contributed by atoms with E-state index in [0.29, 0.717) is 18.2 Å². The zero-order valence-corrected chi connectivity index (χ0v) is 22.9. The van der Waals surface area contributed by atoms with Gasteiger partial charge in [-0.15, -0.1) is 29.9 Å². The number of hydrogen-bond donors (Lipinski definition) is 1. The van der Waals surface area contributed by atoms with Gasteiger partial charge in [-0.05, 0) is 74.0 Å². The highest BCUT2D eigenvalue weighted by molar-refractivity contribution is 5.93. The van der Waals surface area contributed by atoms with Crippen molar-refractivity contribution in [2.75, 3.05) is 19.6 Å². The van der Waals surface area contributed by atoms with E-state index in [1.54, 1.807) is 0 Å². The van der Waals surface area contributed by atoms with E-state index in [2.05, 4.69) is 39.5 Å². The summed E-state index contributed by atoms with van der Waals surface area (Å²) in [5.41, 5.74) is 4.46. The summed E-state index contributed by atoms with van der Waals surface area (Å²) >= 11 is 0. The molecular weight excluding hydrogens is 507 g/mol. The van der Waals surface area contributed by atoms with Crippen molar-refractivity contribution in [2.24, 2.45) is 5.92 Å². The Morgan fingerprint density at radius 2 is 1.76 bits per heavy atom. The summed E-state index contributed by atoms with van der Waals surface area (Å²) in [6.45, 7) is 5.94. The fraction of sp³-hybridized carbons (Fsp3) is 0.414. The van der Waals surface area contributed by atoms with Gasteiger partial charge in [-0.2, -0.15) is 5.10 Å². The first-order chi connectivity index (χ1) is 17.2. The summed E-state index contributed by atoms with van der Waals surface area (Å²) in [4.78, 5) is 15.6. The average Bonchev–Trinajstić information content (AvgIpc) is 2.92. The number of carbonyl (C=O) groups excluding carboxylic acids is 1. The molecule has 3 fully saturated rings. The molecule has 0 aliphatic carbocycles. The number of rotatable bonds is 9. The van der Waals surface area contributed by atoms with E-state index in [1.165, 1.54) is 0 Å². The van der Waals surface area contributed by atoms with Crippen LogP contribution >= 0.6 is 24.8 Å². The number of hydrogen-bond acceptors (Lipinski definition) is 5. The molecule has 0 unspecified atom stereocenters. The molecular formula is C29H36Cl2N4O2. The van der Waals surface area contributed by atoms with E-state index in [4.69, 9.17) is 4.74 Å². The predicted octanol–water partition coefficient (Wildman–Crippen LogP) is 5.73. The minimum atomic E-state index is -0.123. The largest absolute Gasteiger partial charge is 0.489 e. The second-order valence-electron chi connectivity index (χ2n) is 9.71. The molecule has 3 aliphatic heterocycles. The van der Waals surface area contributed by atoms with Crippen LogP contribution in [0.25, 0.3) is 11.1 Å². The van der Waals surface area contributed by atoms with Crippen LogP contribution in [-0.2, 0) is 13.0 Å². The lowest BCUT2D eigenvalue weighted by atomic mass is 9.84. The van der Waals surface area contributed by atoms with Crippen LogP contribution < -0.4 is 10.1 Å². The van der Waals surface area contributed by atoms with Crippen molar-refractivity contribution in [3.05, 3.63) is 77.6 Å². The molecule has 3 aromatic rings. The third-order valence-corrected chi connectivity index (χ3v) is 7.26. The number of nitrogens with one attached hydrogen (secondary N) is 1. The molecule has 37 heavy (non-hydrogen) atoms. The van der Waals surface area contributed by atoms with E-state index in [0.717, 1.165) is 79.9 Å². The van der Waals surface area contributed by atoms with E-state index in [1.807, 2.05) is 48.5 Å². The SMILES string of the molecule is CCCCc1nnc(C(=O)N[C@@H]2CN3CCC2CC3)cc1-c1ccc(OCc2ccccc2)cc1.Cl.Cl. The van der Waals surface area contributed by atoms with Gasteiger partial charge in [0.15, 0.2) is 5.69 Å². The van der Waals surface area contributed by atoms with Crippen LogP contribution in [0, 0.1) is 5.92 Å². The maximum atomic E-state index is 13.1. The smallest absolute Gasteiger partial charge is 0.272 e. The highest BCUT2D eigenvalue weighted by atomic mass is 35.5. The third kappa shape index (κ3) is 7.22. The number of piperidine rings is 3. The number of fused-ring (bicyclic) bond motifs is 3. The Kier molecular flexibility index (Phi) is 10.7. The number of halogens is 2. The highest BCUT2D eigenvalue weighted by Gasteiger charge is 2.35. The van der Waals surface area contributed by atoms with Gasteiger partial charge in [0.1, 0.15) is 12.4 Å². The Bertz CT molecular complexity index is 1140. The summed E-state index contributed by atoms with van der Waals surface area (Å²) in [7, 11) is 0. The molecule has 0 radical (unpaired) electrons. The number of benzene rings is 2. The third-order valence-electron chi connectivity index (χ3n) is 7.26. The summed E-state index contributed by atoms with van der Waals surface area (Å²) in [6, 6.07) is 20.3. The first-order valence-electron chi connectivity index (χ1n) is 12.9. The molecule has 1 amide bonds. The van der Waals surface area contributed by atoms with E-state index in [-0.39, 0.29) is 36.8 Å². The summed E-state index contributed by atoms with van der Waals surface area (Å²) in [5.74, 6) is 1.26. The van der Waals surface area contributed by atoms with Crippen molar-refractivity contribution in [2.45, 2.75) is 51.7 Å². The lowest BCUT2D eigenvalue weighted by Gasteiger charge is -2.44. The summed E-state index contributed by atoms with van der Waals surface area (Å²) in [6.07, 6.45) is 5.28. The van der Waals surface area contributed by atoms with Gasteiger partial charge in [0.05, 0.1) is 5.69 Å². The van der Waals surface area contributed by atoms with Crippen molar-refractivity contribution in [3.63, 3.8) is 0 Å². The molecule has 198 valence electrons. The van der Waals surface area contributed by atoms with E-state index < -0.39 is 0 Å². The minimum absolute atomic E-state index is 0. The zero-order valence-electron chi connectivity index (χ0n) is 21.3. The molecule has 0 spiro atoms. The molecule has 8 heteroatoms. The van der Waals surface area contributed by atoms with Crippen molar-refractivity contribution in [1.29, 1.82) is 0 Å². The Morgan fingerprint density at radius 3 is 2.41 bits per heavy atom. The fourth-order valence-electron chi connectivity index (χ4n) is 5.15. The van der Waals surface area contributed by atoms with Gasteiger partial charge >= 0.3 is 0 Å². The fourth-order valence-corrected chi connectivity index (χ4v) is 5.15. The monoisotopic (exact) mass is 542 g/mol.